The maximum atomic E-state index is 11.9. The normalized spacial score (nSPS) is 20.2. The van der Waals surface area contributed by atoms with E-state index in [1.54, 1.807) is 18.2 Å². The molecule has 2 aliphatic heterocycles. The second kappa shape index (κ2) is 6.35. The molecule has 0 amide bonds. The molecule has 6 heteroatoms. The highest BCUT2D eigenvalue weighted by Gasteiger charge is 2.29. The van der Waals surface area contributed by atoms with Crippen LogP contribution < -0.4 is 15.0 Å². The first-order chi connectivity index (χ1) is 12.0. The highest BCUT2D eigenvalue weighted by atomic mass is 32.2. The number of anilines is 1. The molecule has 2 aliphatic rings. The van der Waals surface area contributed by atoms with Crippen LogP contribution in [0.2, 0.25) is 0 Å². The van der Waals surface area contributed by atoms with Crippen LogP contribution >= 0.6 is 0 Å². The number of para-hydroxylation sites is 1. The standard InChI is InChI=1S/C19H22N2O3S/c1-25(22,23)16-5-2-4-14(12-16)17-6-3-7-18-19(17)24-11-8-15-13-20-9-10-21(15)18/h2-7,12,15,20H,8-11,13H2,1H3/t15-/m0/s1. The van der Waals surface area contributed by atoms with Crippen LogP contribution in [0.4, 0.5) is 5.69 Å². The maximum Gasteiger partial charge on any atom is 0.175 e. The molecule has 25 heavy (non-hydrogen) atoms. The van der Waals surface area contributed by atoms with Crippen molar-refractivity contribution in [3.05, 3.63) is 42.5 Å². The molecule has 0 aromatic heterocycles. The highest BCUT2D eigenvalue weighted by molar-refractivity contribution is 7.90. The summed E-state index contributed by atoms with van der Waals surface area (Å²) < 4.78 is 29.9. The fraction of sp³-hybridized carbons (Fsp3) is 0.368. The molecule has 2 aromatic carbocycles. The van der Waals surface area contributed by atoms with Crippen LogP contribution in [0.15, 0.2) is 47.4 Å². The van der Waals surface area contributed by atoms with Crippen molar-refractivity contribution in [2.45, 2.75) is 17.4 Å². The van der Waals surface area contributed by atoms with E-state index < -0.39 is 9.84 Å². The lowest BCUT2D eigenvalue weighted by Crippen LogP contribution is -2.51. The second-order valence-corrected chi connectivity index (χ2v) is 8.66. The fourth-order valence-corrected chi connectivity index (χ4v) is 4.32. The number of rotatable bonds is 2. The van der Waals surface area contributed by atoms with E-state index in [4.69, 9.17) is 4.74 Å². The highest BCUT2D eigenvalue weighted by Crippen LogP contribution is 2.41. The number of sulfone groups is 1. The van der Waals surface area contributed by atoms with Crippen LogP contribution in [0, 0.1) is 0 Å². The molecule has 1 saturated heterocycles. The monoisotopic (exact) mass is 358 g/mol. The second-order valence-electron chi connectivity index (χ2n) is 6.64. The molecule has 1 fully saturated rings. The molecule has 132 valence electrons. The maximum absolute atomic E-state index is 11.9. The molecule has 0 aliphatic carbocycles. The zero-order chi connectivity index (χ0) is 17.4. The molecule has 0 unspecified atom stereocenters. The Bertz CT molecular complexity index is 895. The minimum Gasteiger partial charge on any atom is -0.491 e. The zero-order valence-corrected chi connectivity index (χ0v) is 15.1. The Morgan fingerprint density at radius 2 is 2.04 bits per heavy atom. The summed E-state index contributed by atoms with van der Waals surface area (Å²) in [7, 11) is -3.24. The minimum absolute atomic E-state index is 0.330. The van der Waals surface area contributed by atoms with Crippen molar-refractivity contribution in [3.63, 3.8) is 0 Å². The van der Waals surface area contributed by atoms with Gasteiger partial charge in [-0.05, 0) is 23.8 Å². The molecular weight excluding hydrogens is 336 g/mol. The predicted octanol–water partition coefficient (Wildman–Crippen LogP) is 2.32. The first-order valence-corrected chi connectivity index (χ1v) is 10.5. The quantitative estimate of drug-likeness (QED) is 0.893. The molecule has 2 heterocycles. The number of fused-ring (bicyclic) bond motifs is 3. The van der Waals surface area contributed by atoms with Gasteiger partial charge in [-0.1, -0.05) is 24.3 Å². The van der Waals surface area contributed by atoms with Crippen LogP contribution in [0.1, 0.15) is 6.42 Å². The van der Waals surface area contributed by atoms with E-state index in [-0.39, 0.29) is 0 Å². The lowest BCUT2D eigenvalue weighted by Gasteiger charge is -2.36. The van der Waals surface area contributed by atoms with Gasteiger partial charge in [-0.15, -0.1) is 0 Å². The molecular formula is C19H22N2O3S. The molecule has 2 aromatic rings. The molecule has 4 rings (SSSR count). The number of nitrogens with one attached hydrogen (secondary N) is 1. The van der Waals surface area contributed by atoms with Crippen LogP contribution in [0.5, 0.6) is 5.75 Å². The van der Waals surface area contributed by atoms with Gasteiger partial charge in [-0.2, -0.15) is 0 Å². The summed E-state index contributed by atoms with van der Waals surface area (Å²) in [6.07, 6.45) is 2.21. The number of piperazine rings is 1. The minimum atomic E-state index is -3.24. The van der Waals surface area contributed by atoms with E-state index in [9.17, 15) is 8.42 Å². The summed E-state index contributed by atoms with van der Waals surface area (Å²) >= 11 is 0. The summed E-state index contributed by atoms with van der Waals surface area (Å²) in [4.78, 5) is 2.75. The van der Waals surface area contributed by atoms with Crippen molar-refractivity contribution >= 4 is 15.5 Å². The average Bonchev–Trinajstić information content (AvgIpc) is 2.80. The van der Waals surface area contributed by atoms with E-state index in [0.717, 1.165) is 48.6 Å². The third kappa shape index (κ3) is 3.12. The zero-order valence-electron chi connectivity index (χ0n) is 14.2. The Morgan fingerprint density at radius 3 is 2.88 bits per heavy atom. The van der Waals surface area contributed by atoms with Gasteiger partial charge in [0.25, 0.3) is 0 Å². The summed E-state index contributed by atoms with van der Waals surface area (Å²) in [5.41, 5.74) is 2.92. The van der Waals surface area contributed by atoms with Gasteiger partial charge in [0.2, 0.25) is 0 Å². The van der Waals surface area contributed by atoms with E-state index in [0.29, 0.717) is 17.5 Å². The third-order valence-corrected chi connectivity index (χ3v) is 6.03. The molecule has 0 bridgehead atoms. The smallest absolute Gasteiger partial charge is 0.175 e. The van der Waals surface area contributed by atoms with Gasteiger partial charge in [-0.25, -0.2) is 8.42 Å². The third-order valence-electron chi connectivity index (χ3n) is 4.92. The van der Waals surface area contributed by atoms with Gasteiger partial charge >= 0.3 is 0 Å². The van der Waals surface area contributed by atoms with Crippen molar-refractivity contribution in [2.75, 3.05) is 37.4 Å². The molecule has 5 nitrogen and oxygen atoms in total. The summed E-state index contributed by atoms with van der Waals surface area (Å²) in [5.74, 6) is 0.859. The van der Waals surface area contributed by atoms with Crippen molar-refractivity contribution in [3.8, 4) is 16.9 Å². The van der Waals surface area contributed by atoms with E-state index in [2.05, 4.69) is 16.3 Å². The molecule has 0 radical (unpaired) electrons. The largest absolute Gasteiger partial charge is 0.491 e. The summed E-state index contributed by atoms with van der Waals surface area (Å²) in [5, 5.41) is 3.45. The van der Waals surface area contributed by atoms with Gasteiger partial charge in [0.1, 0.15) is 5.75 Å². The van der Waals surface area contributed by atoms with Crippen molar-refractivity contribution in [2.24, 2.45) is 0 Å². The number of nitrogens with zero attached hydrogens (tertiary/aromatic N) is 1. The van der Waals surface area contributed by atoms with Gasteiger partial charge in [-0.3, -0.25) is 0 Å². The first kappa shape index (κ1) is 16.4. The Hall–Kier alpha value is -2.05. The molecule has 1 atom stereocenters. The van der Waals surface area contributed by atoms with Crippen LogP contribution in [-0.2, 0) is 9.84 Å². The SMILES string of the molecule is CS(=O)(=O)c1cccc(-c2cccc3c2OCC[C@H]2CNCCN32)c1. The predicted molar refractivity (Wildman–Crippen MR) is 99.1 cm³/mol. The van der Waals surface area contributed by atoms with Crippen molar-refractivity contribution < 1.29 is 13.2 Å². The van der Waals surface area contributed by atoms with Gasteiger partial charge in [0.15, 0.2) is 9.84 Å². The van der Waals surface area contributed by atoms with E-state index in [1.165, 1.54) is 6.26 Å². The fourth-order valence-electron chi connectivity index (χ4n) is 3.66. The van der Waals surface area contributed by atoms with Gasteiger partial charge in [0, 0.05) is 43.9 Å². The van der Waals surface area contributed by atoms with Crippen molar-refractivity contribution in [1.82, 2.24) is 5.32 Å². The van der Waals surface area contributed by atoms with E-state index in [1.807, 2.05) is 18.2 Å². The van der Waals surface area contributed by atoms with Crippen LogP contribution in [-0.4, -0.2) is 47.0 Å². The number of hydrogen-bond acceptors (Lipinski definition) is 5. The lowest BCUT2D eigenvalue weighted by atomic mass is 10.0. The average molecular weight is 358 g/mol. The van der Waals surface area contributed by atoms with Crippen molar-refractivity contribution in [1.29, 1.82) is 0 Å². The van der Waals surface area contributed by atoms with E-state index >= 15 is 0 Å². The number of ether oxygens (including phenoxy) is 1. The van der Waals surface area contributed by atoms with Crippen LogP contribution in [0.3, 0.4) is 0 Å². The van der Waals surface area contributed by atoms with Gasteiger partial charge in [0.05, 0.1) is 17.2 Å². The number of benzene rings is 2. The Balaban J connectivity index is 1.83. The summed E-state index contributed by atoms with van der Waals surface area (Å²) in [6, 6.07) is 13.7. The van der Waals surface area contributed by atoms with Gasteiger partial charge < -0.3 is 15.0 Å². The number of hydrogen-bond donors (Lipinski definition) is 1. The topological polar surface area (TPSA) is 58.6 Å². The molecule has 0 saturated carbocycles. The Labute approximate surface area is 148 Å². The van der Waals surface area contributed by atoms with Crippen LogP contribution in [0.25, 0.3) is 11.1 Å². The Morgan fingerprint density at radius 1 is 1.20 bits per heavy atom. The molecule has 1 N–H and O–H groups in total. The Kier molecular flexibility index (Phi) is 4.17. The lowest BCUT2D eigenvalue weighted by molar-refractivity contribution is 0.305. The summed E-state index contributed by atoms with van der Waals surface area (Å²) in [6.45, 7) is 3.55. The molecule has 0 spiro atoms. The first-order valence-electron chi connectivity index (χ1n) is 8.58.